The van der Waals surface area contributed by atoms with Gasteiger partial charge in [-0.1, -0.05) is 42.5 Å². The number of halogens is 1. The van der Waals surface area contributed by atoms with E-state index in [9.17, 15) is 24.5 Å². The molecule has 1 amide bonds. The maximum Gasteiger partial charge on any atom is 0.407 e. The highest BCUT2D eigenvalue weighted by molar-refractivity contribution is 5.67. The van der Waals surface area contributed by atoms with Gasteiger partial charge in [0, 0.05) is 12.1 Å². The Morgan fingerprint density at radius 1 is 1.12 bits per heavy atom. The minimum atomic E-state index is -1.52. The molecule has 2 aromatic carbocycles. The second-order valence-electron chi connectivity index (χ2n) is 5.47. The number of alkyl carbamates (subject to hydrolysis) is 1. The number of benzene rings is 2. The number of aliphatic hydroxyl groups excluding tert-OH is 2. The quantitative estimate of drug-likeness (QED) is 0.614. The molecule has 2 rings (SSSR count). The Hall–Kier alpha value is -2.64. The van der Waals surface area contributed by atoms with Crippen molar-refractivity contribution >= 4 is 6.09 Å². The van der Waals surface area contributed by atoms with Gasteiger partial charge in [0.25, 0.3) is 0 Å². The molecule has 134 valence electrons. The summed E-state index contributed by atoms with van der Waals surface area (Å²) >= 11 is 0. The maximum absolute atomic E-state index is 13.7. The van der Waals surface area contributed by atoms with Crippen molar-refractivity contribution in [1.29, 1.82) is 0 Å². The molecular weight excluding hydrogens is 329 g/mol. The first-order chi connectivity index (χ1) is 12.0. The first-order valence-corrected chi connectivity index (χ1v) is 7.77. The van der Waals surface area contributed by atoms with Crippen LogP contribution in [0.3, 0.4) is 0 Å². The number of ether oxygens (including phenoxy) is 1. The monoisotopic (exact) mass is 349 g/mol. The van der Waals surface area contributed by atoms with Crippen molar-refractivity contribution in [3.05, 3.63) is 65.5 Å². The fraction of sp³-hybridized carbons (Fsp3) is 0.278. The predicted octanol–water partition coefficient (Wildman–Crippen LogP) is 2.24. The molecule has 0 saturated heterocycles. The Kier molecular flexibility index (Phi) is 6.73. The van der Waals surface area contributed by atoms with E-state index in [1.54, 1.807) is 0 Å². The number of aromatic hydroxyl groups is 1. The van der Waals surface area contributed by atoms with Crippen molar-refractivity contribution in [1.82, 2.24) is 5.32 Å². The fourth-order valence-corrected chi connectivity index (χ4v) is 2.23. The van der Waals surface area contributed by atoms with Crippen LogP contribution in [-0.4, -0.2) is 34.1 Å². The van der Waals surface area contributed by atoms with E-state index in [1.165, 1.54) is 12.1 Å². The van der Waals surface area contributed by atoms with Gasteiger partial charge in [-0.25, -0.2) is 9.18 Å². The minimum absolute atomic E-state index is 0.0172. The Labute approximate surface area is 144 Å². The number of phenolic OH excluding ortho intramolecular Hbond substituents is 1. The van der Waals surface area contributed by atoms with Gasteiger partial charge < -0.3 is 25.4 Å². The SMILES string of the molecule is O=C(NCCC(O)C(O)c1cccc(O)c1F)OCc1ccccc1. The number of carbonyl (C=O) groups is 1. The topological polar surface area (TPSA) is 99.0 Å². The average molecular weight is 349 g/mol. The van der Waals surface area contributed by atoms with E-state index in [4.69, 9.17) is 4.74 Å². The van der Waals surface area contributed by atoms with Crippen LogP contribution in [0.25, 0.3) is 0 Å². The molecule has 0 aliphatic carbocycles. The van der Waals surface area contributed by atoms with Crippen molar-refractivity contribution in [3.8, 4) is 5.75 Å². The van der Waals surface area contributed by atoms with Crippen LogP contribution in [0.2, 0.25) is 0 Å². The molecule has 0 radical (unpaired) electrons. The Morgan fingerprint density at radius 2 is 1.84 bits per heavy atom. The van der Waals surface area contributed by atoms with Crippen LogP contribution in [0.5, 0.6) is 5.75 Å². The lowest BCUT2D eigenvalue weighted by Crippen LogP contribution is -2.30. The first kappa shape index (κ1) is 18.7. The lowest BCUT2D eigenvalue weighted by Gasteiger charge is -2.19. The van der Waals surface area contributed by atoms with Crippen molar-refractivity contribution in [3.63, 3.8) is 0 Å². The third kappa shape index (κ3) is 5.44. The average Bonchev–Trinajstić information content (AvgIpc) is 2.62. The molecule has 25 heavy (non-hydrogen) atoms. The molecule has 6 nitrogen and oxygen atoms in total. The van der Waals surface area contributed by atoms with Gasteiger partial charge in [-0.15, -0.1) is 0 Å². The number of aliphatic hydroxyl groups is 2. The smallest absolute Gasteiger partial charge is 0.407 e. The summed E-state index contributed by atoms with van der Waals surface area (Å²) in [5.74, 6) is -1.59. The lowest BCUT2D eigenvalue weighted by atomic mass is 10.0. The van der Waals surface area contributed by atoms with Crippen LogP contribution in [-0.2, 0) is 11.3 Å². The van der Waals surface area contributed by atoms with Crippen molar-refractivity contribution < 1.29 is 29.2 Å². The summed E-state index contributed by atoms with van der Waals surface area (Å²) in [4.78, 5) is 11.6. The van der Waals surface area contributed by atoms with Crippen molar-refractivity contribution in [2.75, 3.05) is 6.54 Å². The highest BCUT2D eigenvalue weighted by Gasteiger charge is 2.23. The number of hydrogen-bond donors (Lipinski definition) is 4. The van der Waals surface area contributed by atoms with Gasteiger partial charge in [-0.3, -0.25) is 0 Å². The number of nitrogens with one attached hydrogen (secondary N) is 1. The zero-order chi connectivity index (χ0) is 18.2. The molecule has 0 aromatic heterocycles. The molecule has 0 aliphatic rings. The molecule has 0 saturated carbocycles. The third-order valence-electron chi connectivity index (χ3n) is 3.61. The van der Waals surface area contributed by atoms with Gasteiger partial charge in [0.15, 0.2) is 11.6 Å². The van der Waals surface area contributed by atoms with E-state index >= 15 is 0 Å². The van der Waals surface area contributed by atoms with Crippen molar-refractivity contribution in [2.24, 2.45) is 0 Å². The van der Waals surface area contributed by atoms with Crippen molar-refractivity contribution in [2.45, 2.75) is 25.2 Å². The van der Waals surface area contributed by atoms with Crippen LogP contribution >= 0.6 is 0 Å². The normalized spacial score (nSPS) is 13.1. The predicted molar refractivity (Wildman–Crippen MR) is 88.3 cm³/mol. The third-order valence-corrected chi connectivity index (χ3v) is 3.61. The minimum Gasteiger partial charge on any atom is -0.505 e. The summed E-state index contributed by atoms with van der Waals surface area (Å²) in [6, 6.07) is 12.9. The summed E-state index contributed by atoms with van der Waals surface area (Å²) in [5, 5.41) is 31.6. The molecule has 4 N–H and O–H groups in total. The molecule has 0 fully saturated rings. The Morgan fingerprint density at radius 3 is 2.56 bits per heavy atom. The zero-order valence-electron chi connectivity index (χ0n) is 13.4. The van der Waals surface area contributed by atoms with Gasteiger partial charge in [0.05, 0.1) is 6.10 Å². The van der Waals surface area contributed by atoms with Gasteiger partial charge in [-0.05, 0) is 18.1 Å². The van der Waals surface area contributed by atoms with Crippen LogP contribution in [0.15, 0.2) is 48.5 Å². The second kappa shape index (κ2) is 9.00. The molecule has 2 atom stereocenters. The lowest BCUT2D eigenvalue weighted by molar-refractivity contribution is 0.0114. The van der Waals surface area contributed by atoms with Gasteiger partial charge in [-0.2, -0.15) is 0 Å². The second-order valence-corrected chi connectivity index (χ2v) is 5.47. The molecule has 7 heteroatoms. The molecule has 2 unspecified atom stereocenters. The van der Waals surface area contributed by atoms with Crippen LogP contribution in [0, 0.1) is 5.82 Å². The summed E-state index contributed by atoms with van der Waals surface area (Å²) in [7, 11) is 0. The zero-order valence-corrected chi connectivity index (χ0v) is 13.4. The fourth-order valence-electron chi connectivity index (χ4n) is 2.23. The van der Waals surface area contributed by atoms with E-state index < -0.39 is 29.9 Å². The summed E-state index contributed by atoms with van der Waals surface area (Å²) < 4.78 is 18.7. The van der Waals surface area contributed by atoms with Gasteiger partial charge >= 0.3 is 6.09 Å². The van der Waals surface area contributed by atoms with Crippen LogP contribution in [0.1, 0.15) is 23.7 Å². The van der Waals surface area contributed by atoms with Crippen LogP contribution in [0.4, 0.5) is 9.18 Å². The number of phenols is 1. The van der Waals surface area contributed by atoms with E-state index in [0.29, 0.717) is 0 Å². The highest BCUT2D eigenvalue weighted by Crippen LogP contribution is 2.26. The summed E-state index contributed by atoms with van der Waals surface area (Å²) in [6.07, 6.45) is -3.51. The first-order valence-electron chi connectivity index (χ1n) is 7.77. The summed E-state index contributed by atoms with van der Waals surface area (Å²) in [5.41, 5.74) is 0.631. The van der Waals surface area contributed by atoms with E-state index in [1.807, 2.05) is 30.3 Å². The Bertz CT molecular complexity index is 695. The van der Waals surface area contributed by atoms with E-state index in [-0.39, 0.29) is 25.1 Å². The standard InChI is InChI=1S/C18H20FNO5/c19-16-13(7-4-8-14(16)21)17(23)15(22)9-10-20-18(24)25-11-12-5-2-1-3-6-12/h1-8,15,17,21-23H,9-11H2,(H,20,24). The molecule has 2 aromatic rings. The number of carbonyl (C=O) groups excluding carboxylic acids is 1. The Balaban J connectivity index is 1.75. The van der Waals surface area contributed by atoms with Crippen LogP contribution < -0.4 is 5.32 Å². The number of amides is 1. The number of hydrogen-bond acceptors (Lipinski definition) is 5. The summed E-state index contributed by atoms with van der Waals surface area (Å²) in [6.45, 7) is 0.151. The molecule has 0 spiro atoms. The molecule has 0 bridgehead atoms. The van der Waals surface area contributed by atoms with Gasteiger partial charge in [0.1, 0.15) is 12.7 Å². The highest BCUT2D eigenvalue weighted by atomic mass is 19.1. The molecule has 0 heterocycles. The molecular formula is C18H20FNO5. The largest absolute Gasteiger partial charge is 0.505 e. The van der Waals surface area contributed by atoms with Gasteiger partial charge in [0.2, 0.25) is 0 Å². The maximum atomic E-state index is 13.7. The molecule has 0 aliphatic heterocycles. The van der Waals surface area contributed by atoms with E-state index in [0.717, 1.165) is 11.6 Å². The number of rotatable bonds is 7. The van der Waals surface area contributed by atoms with E-state index in [2.05, 4.69) is 5.32 Å².